The van der Waals surface area contributed by atoms with E-state index in [0.717, 1.165) is 6.54 Å². The van der Waals surface area contributed by atoms with Crippen molar-refractivity contribution in [3.8, 4) is 0 Å². The molecule has 0 unspecified atom stereocenters. The first kappa shape index (κ1) is 16.5. The first-order valence-electron chi connectivity index (χ1n) is 8.67. The highest BCUT2D eigenvalue weighted by Gasteiger charge is 2.52. The van der Waals surface area contributed by atoms with Gasteiger partial charge in [0.05, 0.1) is 0 Å². The van der Waals surface area contributed by atoms with E-state index in [0.29, 0.717) is 16.9 Å². The molecule has 118 valence electrons. The normalized spacial score (nSPS) is 19.6. The van der Waals surface area contributed by atoms with Crippen molar-refractivity contribution in [1.82, 2.24) is 5.32 Å². The van der Waals surface area contributed by atoms with E-state index in [4.69, 9.17) is 0 Å². The predicted molar refractivity (Wildman–Crippen MR) is 93.0 cm³/mol. The molecular weight excluding hydrogens is 254 g/mol. The van der Waals surface area contributed by atoms with Crippen LogP contribution in [0.15, 0.2) is 18.2 Å². The summed E-state index contributed by atoms with van der Waals surface area (Å²) in [6, 6.07) is 7.68. The molecule has 1 aromatic rings. The molecular formula is C20H33N. The van der Waals surface area contributed by atoms with Crippen molar-refractivity contribution < 1.29 is 0 Å². The molecule has 21 heavy (non-hydrogen) atoms. The first-order chi connectivity index (χ1) is 9.86. The summed E-state index contributed by atoms with van der Waals surface area (Å²) in [5.74, 6) is 0. The van der Waals surface area contributed by atoms with Crippen LogP contribution in [0.25, 0.3) is 0 Å². The maximum Gasteiger partial charge on any atom is 0.00885 e. The maximum absolute atomic E-state index is 3.71. The Hall–Kier alpha value is -0.820. The Balaban J connectivity index is 2.27. The molecule has 0 aliphatic heterocycles. The van der Waals surface area contributed by atoms with Gasteiger partial charge in [0.1, 0.15) is 0 Å². The minimum atomic E-state index is 0.356. The number of aryl methyl sites for hydroxylation is 2. The van der Waals surface area contributed by atoms with Gasteiger partial charge in [0.2, 0.25) is 0 Å². The van der Waals surface area contributed by atoms with Gasteiger partial charge in [-0.25, -0.2) is 0 Å². The first-order valence-corrected chi connectivity index (χ1v) is 8.67. The monoisotopic (exact) mass is 287 g/mol. The Morgan fingerprint density at radius 3 is 2.14 bits per heavy atom. The van der Waals surface area contributed by atoms with Gasteiger partial charge in [-0.05, 0) is 48.8 Å². The van der Waals surface area contributed by atoms with Crippen molar-refractivity contribution >= 4 is 0 Å². The molecule has 1 heteroatoms. The lowest BCUT2D eigenvalue weighted by atomic mass is 9.48. The Kier molecular flexibility index (Phi) is 4.82. The summed E-state index contributed by atoms with van der Waals surface area (Å²) in [6.07, 6.45) is 5.32. The highest BCUT2D eigenvalue weighted by atomic mass is 14.9. The minimum absolute atomic E-state index is 0.356. The third-order valence-electron chi connectivity index (χ3n) is 5.89. The molecule has 0 amide bonds. The fourth-order valence-corrected chi connectivity index (χ4v) is 4.04. The summed E-state index contributed by atoms with van der Waals surface area (Å²) in [5, 5.41) is 3.71. The van der Waals surface area contributed by atoms with Gasteiger partial charge < -0.3 is 5.32 Å². The number of rotatable bonds is 6. The molecule has 1 fully saturated rings. The predicted octanol–water partition coefficient (Wildman–Crippen LogP) is 5.14. The summed E-state index contributed by atoms with van der Waals surface area (Å²) < 4.78 is 0. The zero-order valence-corrected chi connectivity index (χ0v) is 14.8. The topological polar surface area (TPSA) is 12.0 Å². The molecule has 1 N–H and O–H groups in total. The van der Waals surface area contributed by atoms with Crippen molar-refractivity contribution in [2.24, 2.45) is 5.41 Å². The Bertz CT molecular complexity index is 475. The molecule has 0 atom stereocenters. The summed E-state index contributed by atoms with van der Waals surface area (Å²) in [5.41, 5.74) is 5.33. The van der Waals surface area contributed by atoms with Crippen LogP contribution in [0.5, 0.6) is 0 Å². The lowest BCUT2D eigenvalue weighted by Gasteiger charge is -2.57. The molecule has 0 aromatic heterocycles. The molecule has 0 spiro atoms. The van der Waals surface area contributed by atoms with Gasteiger partial charge in [-0.1, -0.05) is 58.7 Å². The highest BCUT2D eigenvalue weighted by molar-refractivity contribution is 5.38. The van der Waals surface area contributed by atoms with E-state index in [1.807, 2.05) is 0 Å². The van der Waals surface area contributed by atoms with Gasteiger partial charge in [0.15, 0.2) is 0 Å². The second kappa shape index (κ2) is 6.12. The second-order valence-electron chi connectivity index (χ2n) is 7.68. The largest absolute Gasteiger partial charge is 0.314 e. The molecule has 1 nitrogen and oxygen atoms in total. The number of hydrogen-bond donors (Lipinski definition) is 1. The van der Waals surface area contributed by atoms with Crippen LogP contribution in [-0.2, 0) is 5.41 Å². The van der Waals surface area contributed by atoms with Crippen LogP contribution >= 0.6 is 0 Å². The summed E-state index contributed by atoms with van der Waals surface area (Å²) in [4.78, 5) is 0. The Labute approximate surface area is 131 Å². The lowest BCUT2D eigenvalue weighted by Crippen LogP contribution is -2.55. The van der Waals surface area contributed by atoms with Gasteiger partial charge in [-0.15, -0.1) is 0 Å². The zero-order chi connectivity index (χ0) is 15.7. The van der Waals surface area contributed by atoms with E-state index in [1.54, 1.807) is 5.56 Å². The van der Waals surface area contributed by atoms with E-state index in [1.165, 1.54) is 36.8 Å². The van der Waals surface area contributed by atoms with Gasteiger partial charge in [0, 0.05) is 18.0 Å². The number of hydrogen-bond acceptors (Lipinski definition) is 1. The van der Waals surface area contributed by atoms with Crippen LogP contribution < -0.4 is 5.32 Å². The van der Waals surface area contributed by atoms with Crippen molar-refractivity contribution in [3.63, 3.8) is 0 Å². The third kappa shape index (κ3) is 3.18. The highest BCUT2D eigenvalue weighted by Crippen LogP contribution is 2.59. The van der Waals surface area contributed by atoms with Crippen molar-refractivity contribution in [1.29, 1.82) is 0 Å². The summed E-state index contributed by atoms with van der Waals surface area (Å²) in [7, 11) is 0. The summed E-state index contributed by atoms with van der Waals surface area (Å²) >= 11 is 0. The Morgan fingerprint density at radius 1 is 1.05 bits per heavy atom. The van der Waals surface area contributed by atoms with Crippen molar-refractivity contribution in [3.05, 3.63) is 34.9 Å². The maximum atomic E-state index is 3.71. The Morgan fingerprint density at radius 2 is 1.67 bits per heavy atom. The molecule has 1 aromatic carbocycles. The zero-order valence-electron chi connectivity index (χ0n) is 14.8. The quantitative estimate of drug-likeness (QED) is 0.764. The van der Waals surface area contributed by atoms with Crippen LogP contribution in [0.1, 0.15) is 70.1 Å². The van der Waals surface area contributed by atoms with E-state index < -0.39 is 0 Å². The van der Waals surface area contributed by atoms with E-state index in [9.17, 15) is 0 Å². The fraction of sp³-hybridized carbons (Fsp3) is 0.700. The average Bonchev–Trinajstić information content (AvgIpc) is 2.42. The van der Waals surface area contributed by atoms with Crippen molar-refractivity contribution in [2.45, 2.75) is 78.7 Å². The third-order valence-corrected chi connectivity index (χ3v) is 5.89. The van der Waals surface area contributed by atoms with Crippen LogP contribution in [-0.4, -0.2) is 12.6 Å². The lowest BCUT2D eigenvalue weighted by molar-refractivity contribution is 0.0118. The molecule has 0 bridgehead atoms. The molecule has 1 aliphatic carbocycles. The molecule has 2 rings (SSSR count). The standard InChI is InChI=1S/C20H33N/c1-7-19(8-2)12-20(13-19,14-21-15(3)4)18-10-9-16(5)17(6)11-18/h9-11,15,21H,7-8,12-14H2,1-6H3. The van der Waals surface area contributed by atoms with Crippen LogP contribution in [0, 0.1) is 19.3 Å². The number of benzene rings is 1. The molecule has 1 saturated carbocycles. The molecule has 1 aliphatic rings. The second-order valence-corrected chi connectivity index (χ2v) is 7.68. The summed E-state index contributed by atoms with van der Waals surface area (Å²) in [6.45, 7) is 14.8. The molecule has 0 radical (unpaired) electrons. The number of nitrogens with one attached hydrogen (secondary N) is 1. The molecule has 0 heterocycles. The van der Waals surface area contributed by atoms with Gasteiger partial charge >= 0.3 is 0 Å². The average molecular weight is 287 g/mol. The van der Waals surface area contributed by atoms with E-state index >= 15 is 0 Å². The van der Waals surface area contributed by atoms with E-state index in [2.05, 4.69) is 65.1 Å². The minimum Gasteiger partial charge on any atom is -0.314 e. The fourth-order valence-electron chi connectivity index (χ4n) is 4.04. The SMILES string of the molecule is CCC1(CC)CC(CNC(C)C)(c2ccc(C)c(C)c2)C1. The van der Waals surface area contributed by atoms with Crippen LogP contribution in [0.3, 0.4) is 0 Å². The van der Waals surface area contributed by atoms with E-state index in [-0.39, 0.29) is 0 Å². The van der Waals surface area contributed by atoms with Crippen LogP contribution in [0.4, 0.5) is 0 Å². The van der Waals surface area contributed by atoms with Gasteiger partial charge in [-0.2, -0.15) is 0 Å². The van der Waals surface area contributed by atoms with Gasteiger partial charge in [-0.3, -0.25) is 0 Å². The van der Waals surface area contributed by atoms with Crippen LogP contribution in [0.2, 0.25) is 0 Å². The smallest absolute Gasteiger partial charge is 0.00885 e. The van der Waals surface area contributed by atoms with Crippen molar-refractivity contribution in [2.75, 3.05) is 6.54 Å². The molecule has 0 saturated heterocycles. The van der Waals surface area contributed by atoms with Gasteiger partial charge in [0.25, 0.3) is 0 Å².